The van der Waals surface area contributed by atoms with Crippen molar-refractivity contribution in [2.24, 2.45) is 0 Å². The summed E-state index contributed by atoms with van der Waals surface area (Å²) in [5, 5.41) is 11.9. The minimum Gasteiger partial charge on any atom is -0.450 e. The second kappa shape index (κ2) is 6.56. The zero-order valence-corrected chi connectivity index (χ0v) is 13.9. The Labute approximate surface area is 137 Å². The molecule has 7 heteroatoms. The lowest BCUT2D eigenvalue weighted by molar-refractivity contribution is -0.385. The molecule has 104 valence electrons. The van der Waals surface area contributed by atoms with Crippen LogP contribution in [0.15, 0.2) is 40.9 Å². The van der Waals surface area contributed by atoms with Gasteiger partial charge in [0, 0.05) is 26.5 Å². The fourth-order valence-electron chi connectivity index (χ4n) is 1.59. The standard InChI is InChI=1S/C13H8Br2ClNO3/c14-7-8-5-9(15)1-3-12(8)20-13-4-2-10(16)6-11(13)17(18)19/h1-6H,7H2. The molecule has 0 fully saturated rings. The number of alkyl halides is 1. The Kier molecular flexibility index (Phi) is 5.01. The quantitative estimate of drug-likeness (QED) is 0.362. The topological polar surface area (TPSA) is 52.4 Å². The molecule has 0 amide bonds. The first kappa shape index (κ1) is 15.3. The van der Waals surface area contributed by atoms with Gasteiger partial charge in [-0.3, -0.25) is 10.1 Å². The van der Waals surface area contributed by atoms with E-state index in [2.05, 4.69) is 31.9 Å². The third kappa shape index (κ3) is 3.50. The van der Waals surface area contributed by atoms with Crippen LogP contribution in [-0.4, -0.2) is 4.92 Å². The highest BCUT2D eigenvalue weighted by Gasteiger charge is 2.17. The largest absolute Gasteiger partial charge is 0.450 e. The first-order valence-corrected chi connectivity index (χ1v) is 7.76. The highest BCUT2D eigenvalue weighted by atomic mass is 79.9. The van der Waals surface area contributed by atoms with E-state index in [9.17, 15) is 10.1 Å². The normalized spacial score (nSPS) is 10.3. The Hall–Kier alpha value is -1.11. The third-order valence-corrected chi connectivity index (χ3v) is 3.84. The molecule has 20 heavy (non-hydrogen) atoms. The van der Waals surface area contributed by atoms with Crippen LogP contribution in [0, 0.1) is 10.1 Å². The van der Waals surface area contributed by atoms with Crippen molar-refractivity contribution in [2.75, 3.05) is 0 Å². The van der Waals surface area contributed by atoms with Crippen molar-refractivity contribution in [2.45, 2.75) is 5.33 Å². The van der Waals surface area contributed by atoms with Gasteiger partial charge in [0.25, 0.3) is 0 Å². The fourth-order valence-corrected chi connectivity index (χ4v) is 2.60. The van der Waals surface area contributed by atoms with Crippen LogP contribution < -0.4 is 4.74 Å². The van der Waals surface area contributed by atoms with E-state index in [1.54, 1.807) is 12.1 Å². The van der Waals surface area contributed by atoms with Crippen LogP contribution in [0.1, 0.15) is 5.56 Å². The van der Waals surface area contributed by atoms with E-state index in [0.717, 1.165) is 10.0 Å². The molecule has 2 aromatic carbocycles. The Balaban J connectivity index is 2.42. The van der Waals surface area contributed by atoms with Crippen molar-refractivity contribution in [1.82, 2.24) is 0 Å². The number of benzene rings is 2. The van der Waals surface area contributed by atoms with Gasteiger partial charge >= 0.3 is 5.69 Å². The van der Waals surface area contributed by atoms with Crippen LogP contribution >= 0.6 is 43.5 Å². The summed E-state index contributed by atoms with van der Waals surface area (Å²) < 4.78 is 6.56. The highest BCUT2D eigenvalue weighted by Crippen LogP contribution is 2.36. The number of nitrogens with zero attached hydrogens (tertiary/aromatic N) is 1. The highest BCUT2D eigenvalue weighted by molar-refractivity contribution is 9.10. The van der Waals surface area contributed by atoms with Gasteiger partial charge in [0.2, 0.25) is 5.75 Å². The summed E-state index contributed by atoms with van der Waals surface area (Å²) in [4.78, 5) is 10.5. The van der Waals surface area contributed by atoms with Crippen molar-refractivity contribution in [3.63, 3.8) is 0 Å². The molecule has 0 saturated carbocycles. The molecule has 0 spiro atoms. The van der Waals surface area contributed by atoms with Gasteiger partial charge in [0.05, 0.1) is 4.92 Å². The molecule has 0 aliphatic rings. The first-order chi connectivity index (χ1) is 9.51. The molecule has 4 nitrogen and oxygen atoms in total. The van der Waals surface area contributed by atoms with Gasteiger partial charge in [0.15, 0.2) is 0 Å². The van der Waals surface area contributed by atoms with E-state index in [1.807, 2.05) is 12.1 Å². The Morgan fingerprint density at radius 3 is 2.55 bits per heavy atom. The lowest BCUT2D eigenvalue weighted by Gasteiger charge is -2.10. The smallest absolute Gasteiger partial charge is 0.313 e. The molecular formula is C13H8Br2ClNO3. The van der Waals surface area contributed by atoms with Crippen LogP contribution in [0.5, 0.6) is 11.5 Å². The van der Waals surface area contributed by atoms with Gasteiger partial charge < -0.3 is 4.74 Å². The number of hydrogen-bond donors (Lipinski definition) is 0. The van der Waals surface area contributed by atoms with Crippen LogP contribution in [-0.2, 0) is 5.33 Å². The Morgan fingerprint density at radius 1 is 1.20 bits per heavy atom. The lowest BCUT2D eigenvalue weighted by Crippen LogP contribution is -1.95. The molecule has 0 bridgehead atoms. The maximum atomic E-state index is 11.0. The minimum atomic E-state index is -0.520. The fraction of sp³-hybridized carbons (Fsp3) is 0.0769. The molecule has 0 aliphatic carbocycles. The molecule has 0 saturated heterocycles. The summed E-state index contributed by atoms with van der Waals surface area (Å²) in [6, 6.07) is 9.74. The molecule has 0 N–H and O–H groups in total. The zero-order chi connectivity index (χ0) is 14.7. The number of rotatable bonds is 4. The first-order valence-electron chi connectivity index (χ1n) is 5.47. The Morgan fingerprint density at radius 2 is 1.90 bits per heavy atom. The number of nitro benzene ring substituents is 1. The van der Waals surface area contributed by atoms with Crippen LogP contribution in [0.3, 0.4) is 0 Å². The molecule has 0 unspecified atom stereocenters. The molecule has 2 aromatic rings. The number of nitro groups is 1. The van der Waals surface area contributed by atoms with E-state index in [0.29, 0.717) is 16.1 Å². The summed E-state index contributed by atoms with van der Waals surface area (Å²) >= 11 is 12.5. The number of hydrogen-bond acceptors (Lipinski definition) is 3. The monoisotopic (exact) mass is 419 g/mol. The predicted octanol–water partition coefficient (Wildman–Crippen LogP) is 5.70. The SMILES string of the molecule is O=[N+]([O-])c1cc(Cl)ccc1Oc1ccc(Br)cc1CBr. The van der Waals surface area contributed by atoms with E-state index < -0.39 is 4.92 Å². The van der Waals surface area contributed by atoms with Gasteiger partial charge in [-0.25, -0.2) is 0 Å². The van der Waals surface area contributed by atoms with Gasteiger partial charge in [-0.1, -0.05) is 43.5 Å². The summed E-state index contributed by atoms with van der Waals surface area (Å²) in [7, 11) is 0. The van der Waals surface area contributed by atoms with Gasteiger partial charge in [-0.15, -0.1) is 0 Å². The summed E-state index contributed by atoms with van der Waals surface area (Å²) in [6.45, 7) is 0. The number of halogens is 3. The molecular weight excluding hydrogens is 413 g/mol. The van der Waals surface area contributed by atoms with Gasteiger partial charge in [0.1, 0.15) is 5.75 Å². The zero-order valence-electron chi connectivity index (χ0n) is 9.98. The average molecular weight is 421 g/mol. The van der Waals surface area contributed by atoms with Crippen LogP contribution in [0.25, 0.3) is 0 Å². The van der Waals surface area contributed by atoms with Crippen LogP contribution in [0.2, 0.25) is 5.02 Å². The average Bonchev–Trinajstić information content (AvgIpc) is 2.42. The van der Waals surface area contributed by atoms with Crippen molar-refractivity contribution >= 4 is 49.1 Å². The summed E-state index contributed by atoms with van der Waals surface area (Å²) in [5.74, 6) is 0.708. The van der Waals surface area contributed by atoms with E-state index in [4.69, 9.17) is 16.3 Å². The van der Waals surface area contributed by atoms with Gasteiger partial charge in [-0.05, 0) is 30.3 Å². The predicted molar refractivity (Wildman–Crippen MR) is 85.0 cm³/mol. The van der Waals surface area contributed by atoms with Gasteiger partial charge in [-0.2, -0.15) is 0 Å². The van der Waals surface area contributed by atoms with Crippen molar-refractivity contribution in [1.29, 1.82) is 0 Å². The van der Waals surface area contributed by atoms with Crippen molar-refractivity contribution in [3.8, 4) is 11.5 Å². The molecule has 0 aliphatic heterocycles. The minimum absolute atomic E-state index is 0.156. The molecule has 0 aromatic heterocycles. The Bertz CT molecular complexity index is 664. The molecule has 2 rings (SSSR count). The second-order valence-corrected chi connectivity index (χ2v) is 5.77. The lowest BCUT2D eigenvalue weighted by atomic mass is 10.2. The van der Waals surface area contributed by atoms with Crippen molar-refractivity contribution < 1.29 is 9.66 Å². The summed E-state index contributed by atoms with van der Waals surface area (Å²) in [5.41, 5.74) is 0.713. The van der Waals surface area contributed by atoms with Crippen molar-refractivity contribution in [3.05, 3.63) is 61.6 Å². The molecule has 0 heterocycles. The maximum Gasteiger partial charge on any atom is 0.313 e. The molecule has 0 radical (unpaired) electrons. The molecule has 0 atom stereocenters. The second-order valence-electron chi connectivity index (χ2n) is 3.86. The maximum absolute atomic E-state index is 11.0. The van der Waals surface area contributed by atoms with E-state index >= 15 is 0 Å². The van der Waals surface area contributed by atoms with E-state index in [-0.39, 0.29) is 11.4 Å². The van der Waals surface area contributed by atoms with E-state index in [1.165, 1.54) is 12.1 Å². The third-order valence-electron chi connectivity index (χ3n) is 2.50. The summed E-state index contributed by atoms with van der Waals surface area (Å²) in [6.07, 6.45) is 0. The number of ether oxygens (including phenoxy) is 1. The van der Waals surface area contributed by atoms with Crippen LogP contribution in [0.4, 0.5) is 5.69 Å².